The van der Waals surface area contributed by atoms with Gasteiger partial charge in [0.25, 0.3) is 0 Å². The molecular formula is C31H47N7O6. The van der Waals surface area contributed by atoms with E-state index in [1.165, 1.54) is 11.8 Å². The molecule has 2 aliphatic heterocycles. The van der Waals surface area contributed by atoms with Crippen LogP contribution in [0.15, 0.2) is 17.1 Å². The Labute approximate surface area is 259 Å². The average Bonchev–Trinajstić information content (AvgIpc) is 3.33. The molecule has 0 bridgehead atoms. The normalized spacial score (nSPS) is 24.6. The molecule has 1 saturated heterocycles. The predicted octanol–water partition coefficient (Wildman–Crippen LogP) is 1.19. The molecule has 1 aliphatic carbocycles. The van der Waals surface area contributed by atoms with Crippen LogP contribution in [0, 0.1) is 12.8 Å². The first-order chi connectivity index (χ1) is 20.9. The Hall–Kier alpha value is -3.87. The highest BCUT2D eigenvalue weighted by Gasteiger charge is 2.62. The summed E-state index contributed by atoms with van der Waals surface area (Å²) in [7, 11) is 2.13. The van der Waals surface area contributed by atoms with Crippen LogP contribution < -0.4 is 31.6 Å². The Morgan fingerprint density at radius 2 is 2.05 bits per heavy atom. The number of nitrogens with zero attached hydrogens (tertiary/aromatic N) is 3. The van der Waals surface area contributed by atoms with Crippen molar-refractivity contribution in [3.63, 3.8) is 0 Å². The quantitative estimate of drug-likeness (QED) is 0.162. The number of Topliss-reactive ketones (excluding diaryl/α,β-unsaturated/α-hetero) is 1. The Morgan fingerprint density at radius 3 is 2.73 bits per heavy atom. The van der Waals surface area contributed by atoms with Crippen LogP contribution in [0.4, 0.5) is 4.79 Å². The van der Waals surface area contributed by atoms with Crippen molar-refractivity contribution in [3.8, 4) is 11.5 Å². The Balaban J connectivity index is 1.44. The number of rotatable bonds is 11. The summed E-state index contributed by atoms with van der Waals surface area (Å²) in [5, 5.41) is 5.44. The molecule has 2 fully saturated rings. The van der Waals surface area contributed by atoms with Gasteiger partial charge in [0.2, 0.25) is 11.8 Å². The van der Waals surface area contributed by atoms with Crippen molar-refractivity contribution in [3.05, 3.63) is 23.3 Å². The van der Waals surface area contributed by atoms with Crippen LogP contribution in [-0.2, 0) is 19.8 Å². The highest BCUT2D eigenvalue weighted by Crippen LogP contribution is 2.60. The molecule has 242 valence electrons. The lowest BCUT2D eigenvalue weighted by molar-refractivity contribution is -0.137. The van der Waals surface area contributed by atoms with E-state index in [4.69, 9.17) is 20.9 Å². The summed E-state index contributed by atoms with van der Waals surface area (Å²) in [6.07, 6.45) is 1.76. The molecule has 5 atom stereocenters. The number of likely N-dealkylation sites (tertiary alicyclic amines) is 1. The Kier molecular flexibility index (Phi) is 10.4. The van der Waals surface area contributed by atoms with E-state index in [1.807, 2.05) is 19.9 Å². The van der Waals surface area contributed by atoms with E-state index in [2.05, 4.69) is 34.5 Å². The molecule has 4 rings (SSSR count). The fourth-order valence-electron chi connectivity index (χ4n) is 7.19. The standard InChI is InChI=1S/C31H47N7O6/c1-6-38(17-15-34-28(41)22(36-20(4)39)8-7-14-35-29(32)33)30(42)43-24-12-9-18(2)25-26(24)44-27-23(40)11-10-21-19(3)37(5)16-13-31(21,25)27/h9,12,19,21-22,27H,6-8,10-11,13-17H2,1-5H3,(H,34,41)(H,36,39)(H4,32,33,35). The molecule has 6 N–H and O–H groups in total. The van der Waals surface area contributed by atoms with Gasteiger partial charge >= 0.3 is 6.09 Å². The molecule has 1 spiro atoms. The topological polar surface area (TPSA) is 182 Å². The van der Waals surface area contributed by atoms with E-state index in [0.717, 1.165) is 30.5 Å². The molecule has 44 heavy (non-hydrogen) atoms. The van der Waals surface area contributed by atoms with Gasteiger partial charge in [0, 0.05) is 56.5 Å². The van der Waals surface area contributed by atoms with Gasteiger partial charge in [0.05, 0.1) is 0 Å². The van der Waals surface area contributed by atoms with Gasteiger partial charge in [-0.05, 0) is 77.6 Å². The van der Waals surface area contributed by atoms with E-state index >= 15 is 0 Å². The largest absolute Gasteiger partial charge is 0.477 e. The molecule has 13 nitrogen and oxygen atoms in total. The lowest BCUT2D eigenvalue weighted by Gasteiger charge is -2.53. The summed E-state index contributed by atoms with van der Waals surface area (Å²) in [6.45, 7) is 9.28. The molecule has 1 aromatic rings. The maximum absolute atomic E-state index is 13.3. The zero-order chi connectivity index (χ0) is 32.2. The zero-order valence-electron chi connectivity index (χ0n) is 26.5. The SMILES string of the molecule is CCN(CCNC(=O)C(CCCN=C(N)N)NC(C)=O)C(=O)Oc1ccc(C)c2c1OC1C(=O)CCC3C(C)N(C)CCC213. The summed E-state index contributed by atoms with van der Waals surface area (Å²) in [5.41, 5.74) is 12.3. The third-order valence-electron chi connectivity index (χ3n) is 9.47. The first-order valence-electron chi connectivity index (χ1n) is 15.5. The molecule has 3 aliphatic rings. The molecular weight excluding hydrogens is 566 g/mol. The minimum Gasteiger partial charge on any atom is -0.477 e. The number of nitrogens with one attached hydrogen (secondary N) is 2. The molecule has 13 heteroatoms. The molecule has 3 amide bonds. The van der Waals surface area contributed by atoms with Gasteiger partial charge in [-0.1, -0.05) is 6.07 Å². The van der Waals surface area contributed by atoms with Crippen molar-refractivity contribution in [1.82, 2.24) is 20.4 Å². The molecule has 5 unspecified atom stereocenters. The van der Waals surface area contributed by atoms with Crippen LogP contribution in [0.2, 0.25) is 0 Å². The van der Waals surface area contributed by atoms with Gasteiger partial charge in [0.1, 0.15) is 6.04 Å². The van der Waals surface area contributed by atoms with Gasteiger partial charge in [-0.3, -0.25) is 19.4 Å². The number of aryl methyl sites for hydroxylation is 1. The number of guanidine groups is 1. The summed E-state index contributed by atoms with van der Waals surface area (Å²) in [5.74, 6) is 0.402. The molecule has 1 saturated carbocycles. The second-order valence-corrected chi connectivity index (χ2v) is 12.1. The smallest absolute Gasteiger partial charge is 0.415 e. The molecule has 2 heterocycles. The van der Waals surface area contributed by atoms with Crippen LogP contribution >= 0.6 is 0 Å². The van der Waals surface area contributed by atoms with Crippen molar-refractivity contribution < 1.29 is 28.7 Å². The summed E-state index contributed by atoms with van der Waals surface area (Å²) in [4.78, 5) is 58.8. The van der Waals surface area contributed by atoms with Crippen molar-refractivity contribution in [1.29, 1.82) is 0 Å². The van der Waals surface area contributed by atoms with Gasteiger partial charge in [-0.2, -0.15) is 0 Å². The van der Waals surface area contributed by atoms with E-state index in [9.17, 15) is 19.2 Å². The number of nitrogens with two attached hydrogens (primary N) is 2. The lowest BCUT2D eigenvalue weighted by atomic mass is 9.55. The molecule has 0 radical (unpaired) electrons. The number of fused-ring (bicyclic) bond motifs is 1. The fourth-order valence-corrected chi connectivity index (χ4v) is 7.19. The summed E-state index contributed by atoms with van der Waals surface area (Å²) in [6, 6.07) is 3.20. The number of aliphatic imine (C=N–C) groups is 1. The van der Waals surface area contributed by atoms with Crippen LogP contribution in [0.1, 0.15) is 64.0 Å². The van der Waals surface area contributed by atoms with Crippen molar-refractivity contribution in [2.75, 3.05) is 39.8 Å². The van der Waals surface area contributed by atoms with Crippen LogP contribution in [0.3, 0.4) is 0 Å². The second kappa shape index (κ2) is 13.8. The first-order valence-corrected chi connectivity index (χ1v) is 15.5. The summed E-state index contributed by atoms with van der Waals surface area (Å²) < 4.78 is 12.4. The number of hydrogen-bond donors (Lipinski definition) is 4. The van der Waals surface area contributed by atoms with Crippen LogP contribution in [-0.4, -0.2) is 97.4 Å². The van der Waals surface area contributed by atoms with Crippen LogP contribution in [0.25, 0.3) is 0 Å². The molecule has 0 aromatic heterocycles. The van der Waals surface area contributed by atoms with Crippen LogP contribution in [0.5, 0.6) is 11.5 Å². The average molecular weight is 614 g/mol. The van der Waals surface area contributed by atoms with Crippen molar-refractivity contribution in [2.24, 2.45) is 22.4 Å². The highest BCUT2D eigenvalue weighted by atomic mass is 16.6. The number of piperidine rings is 1. The third-order valence-corrected chi connectivity index (χ3v) is 9.47. The van der Waals surface area contributed by atoms with E-state index < -0.39 is 23.7 Å². The van der Waals surface area contributed by atoms with Gasteiger partial charge in [0.15, 0.2) is 29.3 Å². The van der Waals surface area contributed by atoms with E-state index in [1.54, 1.807) is 6.07 Å². The minimum atomic E-state index is -0.757. The van der Waals surface area contributed by atoms with Crippen molar-refractivity contribution >= 4 is 29.7 Å². The number of carbonyl (C=O) groups excluding carboxylic acids is 4. The van der Waals surface area contributed by atoms with Crippen molar-refractivity contribution in [2.45, 2.75) is 83.4 Å². The maximum Gasteiger partial charge on any atom is 0.415 e. The number of benzene rings is 1. The minimum absolute atomic E-state index is 0.0358. The van der Waals surface area contributed by atoms with Gasteiger partial charge < -0.3 is 41.4 Å². The Morgan fingerprint density at radius 1 is 1.30 bits per heavy atom. The van der Waals surface area contributed by atoms with E-state index in [-0.39, 0.29) is 48.6 Å². The second-order valence-electron chi connectivity index (χ2n) is 12.1. The number of likely N-dealkylation sites (N-methyl/N-ethyl adjacent to an activating group) is 1. The van der Waals surface area contributed by atoms with Gasteiger partial charge in [-0.15, -0.1) is 0 Å². The first kappa shape index (κ1) is 33.0. The number of carbonyl (C=O) groups is 4. The molecule has 1 aromatic carbocycles. The number of ketones is 1. The lowest BCUT2D eigenvalue weighted by Crippen LogP contribution is -2.62. The monoisotopic (exact) mass is 613 g/mol. The predicted molar refractivity (Wildman–Crippen MR) is 166 cm³/mol. The highest BCUT2D eigenvalue weighted by molar-refractivity contribution is 5.89. The fraction of sp³-hybridized carbons (Fsp3) is 0.645. The van der Waals surface area contributed by atoms with Gasteiger partial charge in [-0.25, -0.2) is 4.79 Å². The third kappa shape index (κ3) is 6.62. The number of ether oxygens (including phenoxy) is 2. The number of hydrogen-bond acceptors (Lipinski definition) is 8. The maximum atomic E-state index is 13.3. The summed E-state index contributed by atoms with van der Waals surface area (Å²) >= 11 is 0. The van der Waals surface area contributed by atoms with E-state index in [0.29, 0.717) is 43.9 Å². The number of amides is 3. The Bertz CT molecular complexity index is 1300. The zero-order valence-corrected chi connectivity index (χ0v) is 26.5.